The highest BCUT2D eigenvalue weighted by Gasteiger charge is 2.27. The highest BCUT2D eigenvalue weighted by molar-refractivity contribution is 7.91. The number of rotatable bonds is 8. The molecule has 0 saturated heterocycles. The van der Waals surface area contributed by atoms with Gasteiger partial charge in [-0.3, -0.25) is 4.79 Å². The number of likely N-dealkylation sites (N-methyl/N-ethyl adjacent to an activating group) is 2. The average molecular weight is 654 g/mol. The largest absolute Gasteiger partial charge is 0.496 e. The molecule has 3 heterocycles. The van der Waals surface area contributed by atoms with Gasteiger partial charge in [-0.05, 0) is 91.9 Å². The second kappa shape index (κ2) is 12.6. The third kappa shape index (κ3) is 6.14. The summed E-state index contributed by atoms with van der Waals surface area (Å²) in [7, 11) is 1.25. The van der Waals surface area contributed by atoms with Crippen molar-refractivity contribution in [3.63, 3.8) is 0 Å². The first-order valence-corrected chi connectivity index (χ1v) is 17.0. The SMILES string of the molecule is COc1cc(-c2ccc(C)cc2S(=O)(=O)c2cnc3[nH]cc(-c4ccc(C(=O)N(C)C[C@H](C)O)c(C)c4)c3n2)cc2c1CCN(C)C2. The fourth-order valence-electron chi connectivity index (χ4n) is 6.32. The number of methoxy groups -OCH3 is 1. The molecule has 47 heavy (non-hydrogen) atoms. The highest BCUT2D eigenvalue weighted by Crippen LogP contribution is 2.38. The van der Waals surface area contributed by atoms with Crippen molar-refractivity contribution < 1.29 is 23.1 Å². The summed E-state index contributed by atoms with van der Waals surface area (Å²) in [4.78, 5) is 29.1. The summed E-state index contributed by atoms with van der Waals surface area (Å²) in [5, 5.41) is 9.55. The minimum Gasteiger partial charge on any atom is -0.496 e. The molecule has 1 atom stereocenters. The lowest BCUT2D eigenvalue weighted by molar-refractivity contribution is 0.0703. The van der Waals surface area contributed by atoms with Gasteiger partial charge in [0.15, 0.2) is 10.7 Å². The third-order valence-corrected chi connectivity index (χ3v) is 10.4. The lowest BCUT2D eigenvalue weighted by Crippen LogP contribution is -2.33. The molecular formula is C36H39N5O5S. The number of aliphatic hydroxyl groups excluding tert-OH is 1. The summed E-state index contributed by atoms with van der Waals surface area (Å²) in [6.07, 6.45) is 3.25. The topological polar surface area (TPSA) is 129 Å². The molecule has 5 aromatic rings. The lowest BCUT2D eigenvalue weighted by atomic mass is 9.93. The minimum absolute atomic E-state index is 0.148. The molecule has 10 nitrogen and oxygen atoms in total. The number of benzene rings is 3. The highest BCUT2D eigenvalue weighted by atomic mass is 32.2. The summed E-state index contributed by atoms with van der Waals surface area (Å²) in [6, 6.07) is 14.8. The van der Waals surface area contributed by atoms with Crippen molar-refractivity contribution in [1.29, 1.82) is 0 Å². The van der Waals surface area contributed by atoms with E-state index in [-0.39, 0.29) is 22.4 Å². The van der Waals surface area contributed by atoms with Crippen LogP contribution in [0.15, 0.2) is 70.8 Å². The van der Waals surface area contributed by atoms with Crippen LogP contribution in [0.4, 0.5) is 0 Å². The number of aliphatic hydroxyl groups is 1. The molecular weight excluding hydrogens is 614 g/mol. The average Bonchev–Trinajstić information content (AvgIpc) is 3.47. The zero-order valence-electron chi connectivity index (χ0n) is 27.5. The molecule has 244 valence electrons. The monoisotopic (exact) mass is 653 g/mol. The smallest absolute Gasteiger partial charge is 0.253 e. The molecule has 11 heteroatoms. The predicted octanol–water partition coefficient (Wildman–Crippen LogP) is 5.19. The Labute approximate surface area is 275 Å². The number of fused-ring (bicyclic) bond motifs is 2. The van der Waals surface area contributed by atoms with Gasteiger partial charge in [-0.25, -0.2) is 18.4 Å². The Kier molecular flexibility index (Phi) is 8.64. The van der Waals surface area contributed by atoms with Crippen LogP contribution in [0.1, 0.15) is 39.5 Å². The number of nitrogens with one attached hydrogen (secondary N) is 1. The molecule has 6 rings (SSSR count). The number of carbonyl (C=O) groups is 1. The quantitative estimate of drug-likeness (QED) is 0.234. The number of H-pyrrole nitrogens is 1. The fourth-order valence-corrected chi connectivity index (χ4v) is 7.77. The van der Waals surface area contributed by atoms with Crippen LogP contribution in [0.3, 0.4) is 0 Å². The van der Waals surface area contributed by atoms with Gasteiger partial charge in [-0.15, -0.1) is 0 Å². The van der Waals surface area contributed by atoms with Crippen molar-refractivity contribution in [1.82, 2.24) is 24.8 Å². The van der Waals surface area contributed by atoms with Gasteiger partial charge in [0.05, 0.1) is 24.3 Å². The molecule has 0 spiro atoms. The van der Waals surface area contributed by atoms with E-state index in [1.165, 1.54) is 11.1 Å². The molecule has 0 unspecified atom stereocenters. The van der Waals surface area contributed by atoms with Gasteiger partial charge in [0, 0.05) is 49.6 Å². The molecule has 0 fully saturated rings. The number of hydrogen-bond acceptors (Lipinski definition) is 8. The summed E-state index contributed by atoms with van der Waals surface area (Å²) in [5.41, 5.74) is 7.94. The van der Waals surface area contributed by atoms with Crippen LogP contribution in [0.25, 0.3) is 33.4 Å². The maximum Gasteiger partial charge on any atom is 0.253 e. The first kappa shape index (κ1) is 32.4. The van der Waals surface area contributed by atoms with Gasteiger partial charge in [-0.2, -0.15) is 0 Å². The van der Waals surface area contributed by atoms with Gasteiger partial charge in [0.1, 0.15) is 11.3 Å². The number of carbonyl (C=O) groups excluding carboxylic acids is 1. The lowest BCUT2D eigenvalue weighted by Gasteiger charge is -2.27. The number of aryl methyl sites for hydroxylation is 2. The first-order valence-electron chi connectivity index (χ1n) is 15.5. The van der Waals surface area contributed by atoms with E-state index in [0.717, 1.165) is 58.6 Å². The van der Waals surface area contributed by atoms with Gasteiger partial charge >= 0.3 is 0 Å². The summed E-state index contributed by atoms with van der Waals surface area (Å²) in [5.74, 6) is 0.560. The van der Waals surface area contributed by atoms with E-state index in [9.17, 15) is 18.3 Å². The van der Waals surface area contributed by atoms with E-state index in [0.29, 0.717) is 27.9 Å². The number of nitrogens with zero attached hydrogens (tertiary/aromatic N) is 4. The summed E-state index contributed by atoms with van der Waals surface area (Å²) in [6.45, 7) is 7.24. The molecule has 1 aliphatic heterocycles. The van der Waals surface area contributed by atoms with Crippen LogP contribution in [0.5, 0.6) is 5.75 Å². The van der Waals surface area contributed by atoms with E-state index in [1.54, 1.807) is 39.4 Å². The molecule has 0 aliphatic carbocycles. The van der Waals surface area contributed by atoms with Gasteiger partial charge < -0.3 is 24.6 Å². The number of ether oxygens (including phenoxy) is 1. The van der Waals surface area contributed by atoms with Gasteiger partial charge in [0.2, 0.25) is 9.84 Å². The van der Waals surface area contributed by atoms with E-state index in [2.05, 4.69) is 33.0 Å². The van der Waals surface area contributed by atoms with Crippen molar-refractivity contribution in [2.45, 2.75) is 49.8 Å². The molecule has 0 bridgehead atoms. The number of amides is 1. The molecule has 3 aromatic carbocycles. The Hall–Kier alpha value is -4.58. The molecule has 0 saturated carbocycles. The maximum absolute atomic E-state index is 14.4. The Morgan fingerprint density at radius 3 is 2.62 bits per heavy atom. The normalized spacial score (nSPS) is 14.2. The van der Waals surface area contributed by atoms with Crippen molar-refractivity contribution in [2.75, 3.05) is 34.3 Å². The van der Waals surface area contributed by atoms with Crippen LogP contribution in [-0.2, 0) is 22.8 Å². The van der Waals surface area contributed by atoms with Crippen molar-refractivity contribution >= 4 is 26.9 Å². The Morgan fingerprint density at radius 1 is 1.11 bits per heavy atom. The Balaban J connectivity index is 1.41. The molecule has 2 aromatic heterocycles. The zero-order chi connectivity index (χ0) is 33.6. The summed E-state index contributed by atoms with van der Waals surface area (Å²) >= 11 is 0. The van der Waals surface area contributed by atoms with Crippen LogP contribution in [-0.4, -0.2) is 84.6 Å². The summed E-state index contributed by atoms with van der Waals surface area (Å²) < 4.78 is 34.6. The third-order valence-electron chi connectivity index (χ3n) is 8.73. The van der Waals surface area contributed by atoms with Gasteiger partial charge in [-0.1, -0.05) is 24.3 Å². The minimum atomic E-state index is -4.12. The zero-order valence-corrected chi connectivity index (χ0v) is 28.3. The molecule has 1 aliphatic rings. The number of aromatic amines is 1. The van der Waals surface area contributed by atoms with E-state index in [1.807, 2.05) is 44.2 Å². The van der Waals surface area contributed by atoms with E-state index >= 15 is 0 Å². The number of aromatic nitrogens is 3. The molecule has 0 radical (unpaired) electrons. The second-order valence-electron chi connectivity index (χ2n) is 12.5. The molecule has 2 N–H and O–H groups in total. The molecule has 1 amide bonds. The van der Waals surface area contributed by atoms with Crippen LogP contribution in [0, 0.1) is 13.8 Å². The maximum atomic E-state index is 14.4. The second-order valence-corrected chi connectivity index (χ2v) is 14.3. The van der Waals surface area contributed by atoms with Crippen LogP contribution >= 0.6 is 0 Å². The van der Waals surface area contributed by atoms with Crippen molar-refractivity contribution in [3.8, 4) is 28.0 Å². The van der Waals surface area contributed by atoms with Crippen LogP contribution in [0.2, 0.25) is 0 Å². The standard InChI is InChI=1S/C36H39N5O5S/c1-21-7-9-29(25-15-26-20-40(4)12-11-28(26)31(16-25)46-6)32(13-21)47(44,45)33-18-38-35-34(39-33)30(17-37-35)24-8-10-27(22(2)14-24)36(43)41(5)19-23(3)42/h7-10,13-18,23,42H,11-12,19-20H2,1-6H3,(H,37,38)/t23-/m0/s1. The van der Waals surface area contributed by atoms with E-state index < -0.39 is 15.9 Å². The predicted molar refractivity (Wildman–Crippen MR) is 181 cm³/mol. The fraction of sp³-hybridized carbons (Fsp3) is 0.306. The van der Waals surface area contributed by atoms with E-state index in [4.69, 9.17) is 4.74 Å². The number of sulfone groups is 1. The van der Waals surface area contributed by atoms with Crippen molar-refractivity contribution in [3.05, 3.63) is 88.7 Å². The number of hydrogen-bond donors (Lipinski definition) is 2. The van der Waals surface area contributed by atoms with Crippen molar-refractivity contribution in [2.24, 2.45) is 0 Å². The Morgan fingerprint density at radius 2 is 1.89 bits per heavy atom. The first-order chi connectivity index (χ1) is 22.4. The van der Waals surface area contributed by atoms with Gasteiger partial charge in [0.25, 0.3) is 5.91 Å². The van der Waals surface area contributed by atoms with Crippen LogP contribution < -0.4 is 4.74 Å². The Bertz CT molecular complexity index is 2120.